The van der Waals surface area contributed by atoms with E-state index < -0.39 is 0 Å². The molecule has 0 radical (unpaired) electrons. The fourth-order valence-electron chi connectivity index (χ4n) is 3.88. The number of amides is 1. The van der Waals surface area contributed by atoms with Gasteiger partial charge in [0.25, 0.3) is 5.91 Å². The predicted molar refractivity (Wildman–Crippen MR) is 101 cm³/mol. The summed E-state index contributed by atoms with van der Waals surface area (Å²) in [6.45, 7) is 0. The maximum absolute atomic E-state index is 12.9. The molecule has 0 aliphatic heterocycles. The monoisotopic (exact) mass is 369 g/mol. The average molecular weight is 369 g/mol. The molecule has 2 aliphatic carbocycles. The largest absolute Gasteiger partial charge is 0.381 e. The summed E-state index contributed by atoms with van der Waals surface area (Å²) in [5.74, 6) is 0.901. The van der Waals surface area contributed by atoms with Crippen molar-refractivity contribution in [3.05, 3.63) is 30.0 Å². The van der Waals surface area contributed by atoms with Gasteiger partial charge in [-0.3, -0.25) is 4.79 Å². The van der Waals surface area contributed by atoms with Crippen LogP contribution in [-0.4, -0.2) is 44.7 Å². The molecule has 1 N–H and O–H groups in total. The summed E-state index contributed by atoms with van der Waals surface area (Å²) in [6, 6.07) is 2.06. The van der Waals surface area contributed by atoms with Gasteiger partial charge in [0.1, 0.15) is 11.4 Å². The molecule has 0 unspecified atom stereocenters. The molecule has 0 aromatic carbocycles. The Bertz CT molecular complexity index is 806. The maximum atomic E-state index is 12.9. The Labute approximate surface area is 159 Å². The maximum Gasteiger partial charge on any atom is 0.270 e. The van der Waals surface area contributed by atoms with Crippen LogP contribution in [-0.2, 0) is 11.8 Å². The van der Waals surface area contributed by atoms with Gasteiger partial charge in [-0.15, -0.1) is 0 Å². The number of nitrogens with one attached hydrogen (secondary N) is 1. The second-order valence-corrected chi connectivity index (χ2v) is 7.70. The lowest BCUT2D eigenvalue weighted by Crippen LogP contribution is -2.39. The summed E-state index contributed by atoms with van der Waals surface area (Å²) < 4.78 is 7.30. The van der Waals surface area contributed by atoms with Crippen LogP contribution in [0.5, 0.6) is 0 Å². The molecule has 1 amide bonds. The Morgan fingerprint density at radius 2 is 1.96 bits per heavy atom. The van der Waals surface area contributed by atoms with Crippen LogP contribution < -0.4 is 5.32 Å². The van der Waals surface area contributed by atoms with Crippen molar-refractivity contribution < 1.29 is 9.53 Å². The summed E-state index contributed by atoms with van der Waals surface area (Å²) in [6.07, 6.45) is 11.1. The van der Waals surface area contributed by atoms with E-state index in [-0.39, 0.29) is 11.9 Å². The van der Waals surface area contributed by atoms with Gasteiger partial charge < -0.3 is 14.6 Å². The van der Waals surface area contributed by atoms with Crippen LogP contribution in [0.4, 0.5) is 0 Å². The Morgan fingerprint density at radius 3 is 2.56 bits per heavy atom. The highest BCUT2D eigenvalue weighted by molar-refractivity contribution is 5.93. The van der Waals surface area contributed by atoms with Crippen LogP contribution in [0, 0.1) is 0 Å². The van der Waals surface area contributed by atoms with Crippen LogP contribution in [0.3, 0.4) is 0 Å². The lowest BCUT2D eigenvalue weighted by atomic mass is 9.82. The predicted octanol–water partition coefficient (Wildman–Crippen LogP) is 2.83. The molecule has 2 aromatic heterocycles. The number of aryl methyl sites for hydroxylation is 1. The van der Waals surface area contributed by atoms with Gasteiger partial charge in [-0.2, -0.15) is 0 Å². The minimum atomic E-state index is -0.109. The van der Waals surface area contributed by atoms with Crippen molar-refractivity contribution in [2.24, 2.45) is 7.05 Å². The second kappa shape index (κ2) is 7.76. The number of hydrogen-bond acceptors (Lipinski definition) is 5. The Morgan fingerprint density at radius 1 is 1.19 bits per heavy atom. The normalized spacial score (nSPS) is 23.0. The minimum absolute atomic E-state index is 0.109. The lowest BCUT2D eigenvalue weighted by Gasteiger charge is -2.28. The number of carbonyl (C=O) groups excluding carboxylic acids is 1. The van der Waals surface area contributed by atoms with Gasteiger partial charge in [0.2, 0.25) is 0 Å². The zero-order chi connectivity index (χ0) is 18.8. The summed E-state index contributed by atoms with van der Waals surface area (Å²) >= 11 is 0. The molecule has 2 fully saturated rings. The van der Waals surface area contributed by atoms with Crippen molar-refractivity contribution in [2.45, 2.75) is 63.0 Å². The molecule has 0 bridgehead atoms. The van der Waals surface area contributed by atoms with E-state index in [1.807, 2.05) is 17.7 Å². The SMILES string of the molecule is CO[C@H]1CC[C@H](NC(=O)c2cc(C3CCC3)nc(-c3cncn3C)n2)CC1. The topological polar surface area (TPSA) is 81.9 Å². The van der Waals surface area contributed by atoms with E-state index in [9.17, 15) is 4.79 Å². The molecule has 0 atom stereocenters. The quantitative estimate of drug-likeness (QED) is 0.876. The van der Waals surface area contributed by atoms with Crippen molar-refractivity contribution in [2.75, 3.05) is 7.11 Å². The fraction of sp³-hybridized carbons (Fsp3) is 0.600. The molecule has 2 saturated carbocycles. The van der Waals surface area contributed by atoms with E-state index in [4.69, 9.17) is 9.72 Å². The molecule has 27 heavy (non-hydrogen) atoms. The highest BCUT2D eigenvalue weighted by Crippen LogP contribution is 2.36. The van der Waals surface area contributed by atoms with Gasteiger partial charge in [0, 0.05) is 31.8 Å². The zero-order valence-electron chi connectivity index (χ0n) is 16.0. The number of aromatic nitrogens is 4. The molecule has 144 valence electrons. The van der Waals surface area contributed by atoms with Crippen molar-refractivity contribution in [3.63, 3.8) is 0 Å². The first kappa shape index (κ1) is 18.1. The third-order valence-electron chi connectivity index (χ3n) is 5.89. The van der Waals surface area contributed by atoms with Crippen molar-refractivity contribution in [3.8, 4) is 11.5 Å². The molecular formula is C20H27N5O2. The molecule has 2 aliphatic rings. The first-order chi connectivity index (χ1) is 13.1. The number of hydrogen-bond donors (Lipinski definition) is 1. The fourth-order valence-corrected chi connectivity index (χ4v) is 3.88. The van der Waals surface area contributed by atoms with Crippen molar-refractivity contribution in [1.29, 1.82) is 0 Å². The minimum Gasteiger partial charge on any atom is -0.381 e. The molecule has 7 heteroatoms. The van der Waals surface area contributed by atoms with Gasteiger partial charge in [0.05, 0.1) is 18.6 Å². The highest BCUT2D eigenvalue weighted by Gasteiger charge is 2.26. The number of rotatable bonds is 5. The van der Waals surface area contributed by atoms with E-state index in [0.29, 0.717) is 23.5 Å². The Hall–Kier alpha value is -2.28. The van der Waals surface area contributed by atoms with Crippen LogP contribution in [0.15, 0.2) is 18.6 Å². The van der Waals surface area contributed by atoms with Gasteiger partial charge in [0.15, 0.2) is 5.82 Å². The van der Waals surface area contributed by atoms with Crippen LogP contribution in [0.2, 0.25) is 0 Å². The van der Waals surface area contributed by atoms with Gasteiger partial charge in [-0.05, 0) is 44.6 Å². The van der Waals surface area contributed by atoms with E-state index in [1.54, 1.807) is 19.6 Å². The third-order valence-corrected chi connectivity index (χ3v) is 5.89. The van der Waals surface area contributed by atoms with E-state index in [1.165, 1.54) is 6.42 Å². The standard InChI is InChI=1S/C20H27N5O2/c1-25-12-21-11-18(25)19-23-16(13-4-3-5-13)10-17(24-19)20(26)22-14-6-8-15(27-2)9-7-14/h10-15H,3-9H2,1-2H3,(H,22,26)/t14-,15-. The first-order valence-corrected chi connectivity index (χ1v) is 9.83. The molecule has 2 heterocycles. The Balaban J connectivity index is 1.56. The van der Waals surface area contributed by atoms with E-state index >= 15 is 0 Å². The molecule has 4 rings (SSSR count). The van der Waals surface area contributed by atoms with Crippen LogP contribution in [0.1, 0.15) is 67.0 Å². The van der Waals surface area contributed by atoms with Crippen LogP contribution >= 0.6 is 0 Å². The third kappa shape index (κ3) is 3.88. The summed E-state index contributed by atoms with van der Waals surface area (Å²) in [4.78, 5) is 26.4. The summed E-state index contributed by atoms with van der Waals surface area (Å²) in [5, 5.41) is 3.16. The van der Waals surface area contributed by atoms with Gasteiger partial charge in [-0.25, -0.2) is 15.0 Å². The molecule has 0 saturated heterocycles. The summed E-state index contributed by atoms with van der Waals surface area (Å²) in [7, 11) is 3.67. The number of imidazole rings is 1. The van der Waals surface area contributed by atoms with Gasteiger partial charge >= 0.3 is 0 Å². The molecule has 2 aromatic rings. The number of nitrogens with zero attached hydrogens (tertiary/aromatic N) is 4. The second-order valence-electron chi connectivity index (χ2n) is 7.70. The van der Waals surface area contributed by atoms with Gasteiger partial charge in [-0.1, -0.05) is 6.42 Å². The van der Waals surface area contributed by atoms with Crippen molar-refractivity contribution in [1.82, 2.24) is 24.8 Å². The smallest absolute Gasteiger partial charge is 0.270 e. The zero-order valence-corrected chi connectivity index (χ0v) is 16.0. The van der Waals surface area contributed by atoms with E-state index in [2.05, 4.69) is 15.3 Å². The first-order valence-electron chi connectivity index (χ1n) is 9.83. The highest BCUT2D eigenvalue weighted by atomic mass is 16.5. The molecule has 7 nitrogen and oxygen atoms in total. The summed E-state index contributed by atoms with van der Waals surface area (Å²) in [5.41, 5.74) is 2.25. The average Bonchev–Trinajstić information content (AvgIpc) is 3.06. The van der Waals surface area contributed by atoms with Crippen LogP contribution in [0.25, 0.3) is 11.5 Å². The number of carbonyl (C=O) groups is 1. The molecule has 0 spiro atoms. The lowest BCUT2D eigenvalue weighted by molar-refractivity contribution is 0.0598. The van der Waals surface area contributed by atoms with E-state index in [0.717, 1.165) is 49.9 Å². The number of methoxy groups -OCH3 is 1. The molecular weight excluding hydrogens is 342 g/mol. The van der Waals surface area contributed by atoms with Crippen molar-refractivity contribution >= 4 is 5.91 Å². The Kier molecular flexibility index (Phi) is 5.20. The number of ether oxygens (including phenoxy) is 1.